The summed E-state index contributed by atoms with van der Waals surface area (Å²) in [5.74, 6) is -0.503. The summed E-state index contributed by atoms with van der Waals surface area (Å²) < 4.78 is 0. The predicted octanol–water partition coefficient (Wildman–Crippen LogP) is 4.44. The van der Waals surface area contributed by atoms with Crippen molar-refractivity contribution in [3.05, 3.63) is 90.3 Å². The summed E-state index contributed by atoms with van der Waals surface area (Å²) in [4.78, 5) is 47.8. The number of carbonyl (C=O) groups is 3. The lowest BCUT2D eigenvalue weighted by molar-refractivity contribution is -0.128. The predicted molar refractivity (Wildman–Crippen MR) is 129 cm³/mol. The average molecular weight is 459 g/mol. The Morgan fingerprint density at radius 1 is 1.03 bits per heavy atom. The van der Waals surface area contributed by atoms with E-state index in [-0.39, 0.29) is 30.6 Å². The van der Waals surface area contributed by atoms with Crippen molar-refractivity contribution in [2.45, 2.75) is 25.1 Å². The van der Waals surface area contributed by atoms with Crippen LogP contribution in [0.3, 0.4) is 0 Å². The number of anilines is 1. The summed E-state index contributed by atoms with van der Waals surface area (Å²) in [6.07, 6.45) is 1.68. The molecule has 8 heteroatoms. The molecular formula is C25H22N4O3S. The Morgan fingerprint density at radius 2 is 1.76 bits per heavy atom. The quantitative estimate of drug-likeness (QED) is 0.529. The number of hydrogen-bond acceptors (Lipinski definition) is 6. The number of aromatic nitrogens is 1. The number of nitrogens with one attached hydrogen (secondary N) is 1. The van der Waals surface area contributed by atoms with Gasteiger partial charge in [0.2, 0.25) is 11.8 Å². The molecule has 2 amide bonds. The summed E-state index contributed by atoms with van der Waals surface area (Å²) in [6.45, 7) is 1.77. The van der Waals surface area contributed by atoms with E-state index in [1.54, 1.807) is 35.4 Å². The number of nitrogens with zero attached hydrogens (tertiary/aromatic N) is 3. The largest absolute Gasteiger partial charge is 0.326 e. The number of amidine groups is 1. The fraction of sp³-hybridized carbons (Fsp3) is 0.160. The van der Waals surface area contributed by atoms with Gasteiger partial charge in [0.05, 0.1) is 17.9 Å². The molecule has 1 saturated heterocycles. The van der Waals surface area contributed by atoms with Crippen LogP contribution < -0.4 is 5.32 Å². The Morgan fingerprint density at radius 3 is 2.42 bits per heavy atom. The van der Waals surface area contributed by atoms with Gasteiger partial charge in [-0.15, -0.1) is 0 Å². The van der Waals surface area contributed by atoms with Crippen LogP contribution in [0.1, 0.15) is 29.4 Å². The highest BCUT2D eigenvalue weighted by Crippen LogP contribution is 2.32. The van der Waals surface area contributed by atoms with Crippen molar-refractivity contribution in [2.24, 2.45) is 4.99 Å². The Labute approximate surface area is 195 Å². The highest BCUT2D eigenvalue weighted by atomic mass is 32.2. The second kappa shape index (κ2) is 10.2. The third kappa shape index (κ3) is 5.72. The van der Waals surface area contributed by atoms with E-state index in [0.29, 0.717) is 16.4 Å². The van der Waals surface area contributed by atoms with Gasteiger partial charge in [-0.25, -0.2) is 4.99 Å². The number of carbonyl (C=O) groups excluding carboxylic acids is 3. The number of hydrogen-bond donors (Lipinski definition) is 1. The Kier molecular flexibility index (Phi) is 6.95. The molecule has 1 aliphatic heterocycles. The summed E-state index contributed by atoms with van der Waals surface area (Å²) in [5.41, 5.74) is 2.61. The Hall–Kier alpha value is -3.78. The first-order valence-corrected chi connectivity index (χ1v) is 11.3. The second-order valence-electron chi connectivity index (χ2n) is 7.47. The SMILES string of the molecule is CC(=O)c1ccc(NC(=O)CC2SC(=Nc3ccccc3)N(Cc3ccccn3)C2=O)cc1. The van der Waals surface area contributed by atoms with Crippen LogP contribution in [0, 0.1) is 0 Å². The molecule has 4 rings (SSSR count). The minimum absolute atomic E-state index is 0.00445. The molecule has 0 bridgehead atoms. The van der Waals surface area contributed by atoms with Crippen molar-refractivity contribution in [2.75, 3.05) is 5.32 Å². The number of Topliss-reactive ketones (excluding diaryl/α,β-unsaturated/α-hetero) is 1. The van der Waals surface area contributed by atoms with Crippen LogP contribution in [0.4, 0.5) is 11.4 Å². The summed E-state index contributed by atoms with van der Waals surface area (Å²) in [6, 6.07) is 21.6. The summed E-state index contributed by atoms with van der Waals surface area (Å²) >= 11 is 1.28. The van der Waals surface area contributed by atoms with Crippen molar-refractivity contribution >= 4 is 45.9 Å². The van der Waals surface area contributed by atoms with Crippen molar-refractivity contribution in [1.82, 2.24) is 9.88 Å². The minimum atomic E-state index is -0.590. The maximum absolute atomic E-state index is 13.2. The molecule has 0 radical (unpaired) electrons. The van der Waals surface area contributed by atoms with Crippen LogP contribution in [0.5, 0.6) is 0 Å². The number of amides is 2. The van der Waals surface area contributed by atoms with E-state index in [0.717, 1.165) is 11.4 Å². The number of para-hydroxylation sites is 1. The third-order valence-corrected chi connectivity index (χ3v) is 6.17. The number of aliphatic imine (C=N–C) groups is 1. The fourth-order valence-electron chi connectivity index (χ4n) is 3.31. The summed E-state index contributed by atoms with van der Waals surface area (Å²) in [7, 11) is 0. The zero-order chi connectivity index (χ0) is 23.2. The molecule has 0 spiro atoms. The zero-order valence-electron chi connectivity index (χ0n) is 18.0. The molecule has 166 valence electrons. The smallest absolute Gasteiger partial charge is 0.243 e. The van der Waals surface area contributed by atoms with Gasteiger partial charge in [0.15, 0.2) is 11.0 Å². The Bertz CT molecular complexity index is 1180. The van der Waals surface area contributed by atoms with Gasteiger partial charge in [0, 0.05) is 23.9 Å². The molecule has 1 atom stereocenters. The van der Waals surface area contributed by atoms with Crippen molar-refractivity contribution in [3.63, 3.8) is 0 Å². The van der Waals surface area contributed by atoms with E-state index in [2.05, 4.69) is 15.3 Å². The first kappa shape index (κ1) is 22.4. The van der Waals surface area contributed by atoms with Crippen LogP contribution in [-0.4, -0.2) is 37.9 Å². The molecule has 0 saturated carbocycles. The third-order valence-electron chi connectivity index (χ3n) is 4.99. The van der Waals surface area contributed by atoms with Crippen LogP contribution >= 0.6 is 11.8 Å². The van der Waals surface area contributed by atoms with Crippen molar-refractivity contribution in [1.29, 1.82) is 0 Å². The lowest BCUT2D eigenvalue weighted by atomic mass is 10.1. The zero-order valence-corrected chi connectivity index (χ0v) is 18.8. The van der Waals surface area contributed by atoms with Crippen molar-refractivity contribution < 1.29 is 14.4 Å². The van der Waals surface area contributed by atoms with E-state index in [1.807, 2.05) is 48.5 Å². The van der Waals surface area contributed by atoms with E-state index < -0.39 is 5.25 Å². The number of rotatable bonds is 7. The maximum atomic E-state index is 13.2. The lowest BCUT2D eigenvalue weighted by Crippen LogP contribution is -2.33. The molecule has 1 unspecified atom stereocenters. The second-order valence-corrected chi connectivity index (χ2v) is 8.64. The number of pyridine rings is 1. The first-order chi connectivity index (χ1) is 16.0. The molecule has 1 N–H and O–H groups in total. The number of thioether (sulfide) groups is 1. The molecule has 3 aromatic rings. The molecule has 0 aliphatic carbocycles. The van der Waals surface area contributed by atoms with Crippen LogP contribution in [0.25, 0.3) is 0 Å². The number of benzene rings is 2. The Balaban J connectivity index is 1.49. The molecule has 1 aliphatic rings. The molecular weight excluding hydrogens is 436 g/mol. The lowest BCUT2D eigenvalue weighted by Gasteiger charge is -2.16. The maximum Gasteiger partial charge on any atom is 0.243 e. The van der Waals surface area contributed by atoms with Gasteiger partial charge in [0.1, 0.15) is 5.25 Å². The molecule has 33 heavy (non-hydrogen) atoms. The topological polar surface area (TPSA) is 91.7 Å². The fourth-order valence-corrected chi connectivity index (χ4v) is 4.46. The normalized spacial score (nSPS) is 16.8. The van der Waals surface area contributed by atoms with Gasteiger partial charge < -0.3 is 5.32 Å². The first-order valence-electron chi connectivity index (χ1n) is 10.4. The van der Waals surface area contributed by atoms with E-state index in [4.69, 9.17) is 0 Å². The van der Waals surface area contributed by atoms with Crippen LogP contribution in [-0.2, 0) is 16.1 Å². The van der Waals surface area contributed by atoms with E-state index >= 15 is 0 Å². The molecule has 1 aromatic heterocycles. The molecule has 1 fully saturated rings. The minimum Gasteiger partial charge on any atom is -0.326 e. The molecule has 2 aromatic carbocycles. The van der Waals surface area contributed by atoms with E-state index in [9.17, 15) is 14.4 Å². The van der Waals surface area contributed by atoms with Gasteiger partial charge in [-0.3, -0.25) is 24.3 Å². The van der Waals surface area contributed by atoms with E-state index in [1.165, 1.54) is 18.7 Å². The van der Waals surface area contributed by atoms with Gasteiger partial charge in [-0.05, 0) is 55.5 Å². The average Bonchev–Trinajstić information content (AvgIpc) is 3.09. The summed E-state index contributed by atoms with van der Waals surface area (Å²) in [5, 5.41) is 2.75. The molecule has 7 nitrogen and oxygen atoms in total. The van der Waals surface area contributed by atoms with Crippen molar-refractivity contribution in [3.8, 4) is 0 Å². The highest BCUT2D eigenvalue weighted by molar-refractivity contribution is 8.15. The number of ketones is 1. The van der Waals surface area contributed by atoms with Crippen LogP contribution in [0.15, 0.2) is 84.0 Å². The molecule has 2 heterocycles. The van der Waals surface area contributed by atoms with Gasteiger partial charge in [-0.2, -0.15) is 0 Å². The van der Waals surface area contributed by atoms with Crippen LogP contribution in [0.2, 0.25) is 0 Å². The van der Waals surface area contributed by atoms with Gasteiger partial charge >= 0.3 is 0 Å². The van der Waals surface area contributed by atoms with Gasteiger partial charge in [0.25, 0.3) is 0 Å². The standard InChI is InChI=1S/C25H22N4O3S/c1-17(30)18-10-12-20(13-11-18)27-23(31)15-22-24(32)29(16-21-9-5-6-14-26-21)25(33-22)28-19-7-3-2-4-8-19/h2-14,22H,15-16H2,1H3,(H,27,31). The van der Waals surface area contributed by atoms with Gasteiger partial charge in [-0.1, -0.05) is 36.0 Å². The highest BCUT2D eigenvalue weighted by Gasteiger charge is 2.39. The monoisotopic (exact) mass is 458 g/mol.